The van der Waals surface area contributed by atoms with Crippen LogP contribution in [0.4, 0.5) is 0 Å². The Morgan fingerprint density at radius 2 is 2.35 bits per heavy atom. The highest BCUT2D eigenvalue weighted by Gasteiger charge is 2.07. The number of hydrogen-bond acceptors (Lipinski definition) is 3. The summed E-state index contributed by atoms with van der Waals surface area (Å²) in [6, 6.07) is 5.51. The Bertz CT molecular complexity index is 532. The summed E-state index contributed by atoms with van der Waals surface area (Å²) in [6.07, 6.45) is 2.53. The third kappa shape index (κ3) is 2.45. The second-order valence-electron chi connectivity index (χ2n) is 3.96. The quantitative estimate of drug-likeness (QED) is 0.760. The number of carbonyl (C=O) groups excluding carboxylic acids is 1. The Labute approximate surface area is 99.6 Å². The number of hydrogen-bond donors (Lipinski definition) is 2. The van der Waals surface area contributed by atoms with Crippen LogP contribution in [-0.4, -0.2) is 28.5 Å². The fourth-order valence-corrected chi connectivity index (χ4v) is 1.68. The maximum Gasteiger partial charge on any atom is 0.251 e. The lowest BCUT2D eigenvalue weighted by molar-refractivity contribution is 0.0953. The van der Waals surface area contributed by atoms with Crippen molar-refractivity contribution in [1.82, 2.24) is 14.9 Å². The zero-order chi connectivity index (χ0) is 12.3. The molecule has 0 atom stereocenters. The fraction of sp³-hybridized carbons (Fsp3) is 0.333. The Kier molecular flexibility index (Phi) is 3.39. The van der Waals surface area contributed by atoms with E-state index in [9.17, 15) is 4.79 Å². The first-order chi connectivity index (χ1) is 8.22. The summed E-state index contributed by atoms with van der Waals surface area (Å²) in [7, 11) is 1.93. The first kappa shape index (κ1) is 11.6. The maximum atomic E-state index is 11.8. The maximum absolute atomic E-state index is 11.8. The van der Waals surface area contributed by atoms with E-state index < -0.39 is 0 Å². The molecule has 5 nitrogen and oxygen atoms in total. The summed E-state index contributed by atoms with van der Waals surface area (Å²) in [5, 5.41) is 2.82. The van der Waals surface area contributed by atoms with Gasteiger partial charge in [-0.2, -0.15) is 0 Å². The summed E-state index contributed by atoms with van der Waals surface area (Å²) < 4.78 is 1.92. The second kappa shape index (κ2) is 4.97. The van der Waals surface area contributed by atoms with E-state index in [1.807, 2.05) is 23.7 Å². The van der Waals surface area contributed by atoms with Gasteiger partial charge in [0.25, 0.3) is 5.91 Å². The van der Waals surface area contributed by atoms with E-state index in [-0.39, 0.29) is 5.91 Å². The van der Waals surface area contributed by atoms with Crippen LogP contribution in [0.15, 0.2) is 24.5 Å². The van der Waals surface area contributed by atoms with Crippen molar-refractivity contribution in [3.63, 3.8) is 0 Å². The molecule has 0 bridgehead atoms. The lowest BCUT2D eigenvalue weighted by atomic mass is 10.2. The average Bonchev–Trinajstić information content (AvgIpc) is 2.71. The van der Waals surface area contributed by atoms with Crippen LogP contribution in [0.2, 0.25) is 0 Å². The van der Waals surface area contributed by atoms with Crippen LogP contribution in [0, 0.1) is 0 Å². The molecule has 0 spiro atoms. The van der Waals surface area contributed by atoms with Gasteiger partial charge in [-0.15, -0.1) is 0 Å². The highest BCUT2D eigenvalue weighted by atomic mass is 16.1. The van der Waals surface area contributed by atoms with Gasteiger partial charge in [-0.1, -0.05) is 0 Å². The highest BCUT2D eigenvalue weighted by Crippen LogP contribution is 2.13. The molecule has 1 aromatic carbocycles. The van der Waals surface area contributed by atoms with Gasteiger partial charge in [0.05, 0.1) is 17.4 Å². The summed E-state index contributed by atoms with van der Waals surface area (Å²) in [6.45, 7) is 1.19. The van der Waals surface area contributed by atoms with Gasteiger partial charge in [0.15, 0.2) is 0 Å². The van der Waals surface area contributed by atoms with E-state index >= 15 is 0 Å². The molecule has 1 amide bonds. The molecule has 0 fully saturated rings. The molecule has 1 heterocycles. The minimum Gasteiger partial charge on any atom is -0.352 e. The molecule has 1 aromatic heterocycles. The predicted molar refractivity (Wildman–Crippen MR) is 66.7 cm³/mol. The molecule has 17 heavy (non-hydrogen) atoms. The van der Waals surface area contributed by atoms with Gasteiger partial charge in [0.1, 0.15) is 0 Å². The minimum atomic E-state index is -0.0778. The Morgan fingerprint density at radius 1 is 1.53 bits per heavy atom. The number of rotatable bonds is 4. The van der Waals surface area contributed by atoms with E-state index in [1.165, 1.54) is 0 Å². The molecule has 3 N–H and O–H groups in total. The number of aryl methyl sites for hydroxylation is 1. The molecule has 0 saturated heterocycles. The Hall–Kier alpha value is -1.88. The van der Waals surface area contributed by atoms with Crippen LogP contribution in [0.1, 0.15) is 16.8 Å². The van der Waals surface area contributed by atoms with Crippen molar-refractivity contribution in [1.29, 1.82) is 0 Å². The molecule has 0 unspecified atom stereocenters. The molecular formula is C12H16N4O. The number of aromatic nitrogens is 2. The minimum absolute atomic E-state index is 0.0778. The van der Waals surface area contributed by atoms with E-state index in [0.29, 0.717) is 18.7 Å². The standard InChI is InChI=1S/C12H16N4O/c1-16-8-15-10-7-9(3-4-11(10)16)12(17)14-6-2-5-13/h3-4,7-8H,2,5-6,13H2,1H3,(H,14,17). The molecule has 5 heteroatoms. The first-order valence-corrected chi connectivity index (χ1v) is 5.61. The topological polar surface area (TPSA) is 72.9 Å². The van der Waals surface area contributed by atoms with Crippen LogP contribution in [0.3, 0.4) is 0 Å². The van der Waals surface area contributed by atoms with Crippen LogP contribution in [-0.2, 0) is 7.05 Å². The summed E-state index contributed by atoms with van der Waals surface area (Å²) >= 11 is 0. The summed E-state index contributed by atoms with van der Waals surface area (Å²) in [5.41, 5.74) is 7.85. The first-order valence-electron chi connectivity index (χ1n) is 5.61. The van der Waals surface area contributed by atoms with Crippen LogP contribution < -0.4 is 11.1 Å². The van der Waals surface area contributed by atoms with Crippen LogP contribution in [0.5, 0.6) is 0 Å². The zero-order valence-electron chi connectivity index (χ0n) is 9.81. The van der Waals surface area contributed by atoms with Gasteiger partial charge < -0.3 is 15.6 Å². The molecule has 0 aliphatic carbocycles. The van der Waals surface area contributed by atoms with Crippen LogP contribution >= 0.6 is 0 Å². The second-order valence-corrected chi connectivity index (χ2v) is 3.96. The van der Waals surface area contributed by atoms with Gasteiger partial charge in [-0.3, -0.25) is 4.79 Å². The Balaban J connectivity index is 2.15. The van der Waals surface area contributed by atoms with Crippen LogP contribution in [0.25, 0.3) is 11.0 Å². The van der Waals surface area contributed by atoms with Crippen molar-refractivity contribution in [3.05, 3.63) is 30.1 Å². The van der Waals surface area contributed by atoms with Crippen molar-refractivity contribution < 1.29 is 4.79 Å². The fourth-order valence-electron chi connectivity index (χ4n) is 1.68. The molecular weight excluding hydrogens is 216 g/mol. The number of nitrogens with two attached hydrogens (primary N) is 1. The van der Waals surface area contributed by atoms with Gasteiger partial charge in [-0.25, -0.2) is 4.98 Å². The van der Waals surface area contributed by atoms with Gasteiger partial charge in [0.2, 0.25) is 0 Å². The lowest BCUT2D eigenvalue weighted by Gasteiger charge is -2.04. The summed E-state index contributed by atoms with van der Waals surface area (Å²) in [4.78, 5) is 16.0. The number of amides is 1. The van der Waals surface area contributed by atoms with E-state index in [1.54, 1.807) is 12.4 Å². The van der Waals surface area contributed by atoms with Crippen molar-refractivity contribution in [2.75, 3.05) is 13.1 Å². The number of imidazole rings is 1. The third-order valence-electron chi connectivity index (χ3n) is 2.65. The third-order valence-corrected chi connectivity index (χ3v) is 2.65. The van der Waals surface area contributed by atoms with E-state index in [0.717, 1.165) is 17.5 Å². The van der Waals surface area contributed by atoms with Gasteiger partial charge in [0, 0.05) is 19.2 Å². The molecule has 0 aliphatic rings. The summed E-state index contributed by atoms with van der Waals surface area (Å²) in [5.74, 6) is -0.0778. The smallest absolute Gasteiger partial charge is 0.251 e. The van der Waals surface area contributed by atoms with Crippen molar-refractivity contribution in [2.45, 2.75) is 6.42 Å². The van der Waals surface area contributed by atoms with Crippen molar-refractivity contribution in [2.24, 2.45) is 12.8 Å². The largest absolute Gasteiger partial charge is 0.352 e. The molecule has 2 aromatic rings. The molecule has 90 valence electrons. The zero-order valence-corrected chi connectivity index (χ0v) is 9.81. The molecule has 0 saturated carbocycles. The number of nitrogens with one attached hydrogen (secondary N) is 1. The lowest BCUT2D eigenvalue weighted by Crippen LogP contribution is -2.25. The molecule has 2 rings (SSSR count). The van der Waals surface area contributed by atoms with E-state index in [4.69, 9.17) is 5.73 Å². The number of nitrogens with zero attached hydrogens (tertiary/aromatic N) is 2. The number of fused-ring (bicyclic) bond motifs is 1. The normalized spacial score (nSPS) is 10.7. The van der Waals surface area contributed by atoms with Gasteiger partial charge >= 0.3 is 0 Å². The Morgan fingerprint density at radius 3 is 3.12 bits per heavy atom. The predicted octanol–water partition coefficient (Wildman–Crippen LogP) is 0.652. The monoisotopic (exact) mass is 232 g/mol. The molecule has 0 radical (unpaired) electrons. The number of benzene rings is 1. The number of carbonyl (C=O) groups is 1. The average molecular weight is 232 g/mol. The van der Waals surface area contributed by atoms with E-state index in [2.05, 4.69) is 10.3 Å². The van der Waals surface area contributed by atoms with Crippen molar-refractivity contribution in [3.8, 4) is 0 Å². The SMILES string of the molecule is Cn1cnc2cc(C(=O)NCCCN)ccc21. The highest BCUT2D eigenvalue weighted by molar-refractivity contribution is 5.97. The van der Waals surface area contributed by atoms with Gasteiger partial charge in [-0.05, 0) is 31.2 Å². The van der Waals surface area contributed by atoms with Crippen molar-refractivity contribution >= 4 is 16.9 Å². The molecule has 0 aliphatic heterocycles.